The first kappa shape index (κ1) is 17.5. The highest BCUT2D eigenvalue weighted by Crippen LogP contribution is 2.44. The summed E-state index contributed by atoms with van der Waals surface area (Å²) < 4.78 is 38.6. The van der Waals surface area contributed by atoms with Gasteiger partial charge in [0.05, 0.1) is 0 Å². The molecule has 3 heterocycles. The molecule has 2 saturated heterocycles. The van der Waals surface area contributed by atoms with Gasteiger partial charge in [-0.25, -0.2) is 8.78 Å². The van der Waals surface area contributed by atoms with Gasteiger partial charge in [-0.1, -0.05) is 6.07 Å². The largest absolute Gasteiger partial charge is 0.486 e. The van der Waals surface area contributed by atoms with Crippen LogP contribution in [0.4, 0.5) is 8.78 Å². The van der Waals surface area contributed by atoms with E-state index in [1.165, 1.54) is 6.07 Å². The third-order valence-corrected chi connectivity index (χ3v) is 6.16. The van der Waals surface area contributed by atoms with Gasteiger partial charge < -0.3 is 14.4 Å². The summed E-state index contributed by atoms with van der Waals surface area (Å²) in [5.74, 6) is 0.223. The predicted octanol–water partition coefficient (Wildman–Crippen LogP) is 4.29. The minimum absolute atomic E-state index is 0.0116. The van der Waals surface area contributed by atoms with Gasteiger partial charge in [-0.05, 0) is 61.4 Å². The van der Waals surface area contributed by atoms with E-state index in [0.717, 1.165) is 18.9 Å². The first-order chi connectivity index (χ1) is 13.6. The molecule has 3 atom stereocenters. The first-order valence-electron chi connectivity index (χ1n) is 9.77. The van der Waals surface area contributed by atoms with Crippen molar-refractivity contribution in [1.29, 1.82) is 0 Å². The summed E-state index contributed by atoms with van der Waals surface area (Å²) in [6.45, 7) is 0.989. The number of fused-ring (bicyclic) bond motifs is 3. The Morgan fingerprint density at radius 3 is 2.36 bits per heavy atom. The SMILES string of the molecule is O=C(c1ccc2c(c1)OCCO2)N1[C@@H]2CC[C@H]1C[C@@H](c1ccc(F)cc1F)C2. The van der Waals surface area contributed by atoms with Crippen molar-refractivity contribution >= 4 is 5.91 Å². The molecule has 146 valence electrons. The van der Waals surface area contributed by atoms with Crippen LogP contribution in [0, 0.1) is 11.6 Å². The normalized spacial score (nSPS) is 25.6. The summed E-state index contributed by atoms with van der Waals surface area (Å²) in [4.78, 5) is 15.2. The predicted molar refractivity (Wildman–Crippen MR) is 98.7 cm³/mol. The highest BCUT2D eigenvalue weighted by Gasteiger charge is 2.44. The van der Waals surface area contributed by atoms with Crippen LogP contribution in [-0.2, 0) is 0 Å². The van der Waals surface area contributed by atoms with E-state index in [4.69, 9.17) is 9.47 Å². The molecule has 2 aromatic carbocycles. The number of hydrogen-bond donors (Lipinski definition) is 0. The second kappa shape index (κ2) is 6.76. The maximum Gasteiger partial charge on any atom is 0.254 e. The lowest BCUT2D eigenvalue weighted by Gasteiger charge is -2.39. The van der Waals surface area contributed by atoms with Crippen molar-refractivity contribution in [3.8, 4) is 11.5 Å². The Kier molecular flexibility index (Phi) is 4.22. The highest BCUT2D eigenvalue weighted by molar-refractivity contribution is 5.95. The maximum atomic E-state index is 14.2. The molecule has 28 heavy (non-hydrogen) atoms. The number of benzene rings is 2. The third-order valence-electron chi connectivity index (χ3n) is 6.16. The average molecular weight is 385 g/mol. The summed E-state index contributed by atoms with van der Waals surface area (Å²) in [5, 5.41) is 0. The molecule has 0 saturated carbocycles. The molecule has 0 radical (unpaired) electrons. The molecule has 4 nitrogen and oxygen atoms in total. The molecule has 2 aromatic rings. The molecular weight excluding hydrogens is 364 g/mol. The van der Waals surface area contributed by atoms with Crippen LogP contribution >= 0.6 is 0 Å². The van der Waals surface area contributed by atoms with E-state index in [0.29, 0.717) is 48.7 Å². The van der Waals surface area contributed by atoms with Crippen LogP contribution in [0.2, 0.25) is 0 Å². The molecule has 2 bridgehead atoms. The molecule has 0 aliphatic carbocycles. The number of piperidine rings is 1. The Bertz CT molecular complexity index is 918. The number of halogens is 2. The van der Waals surface area contributed by atoms with Crippen LogP contribution in [0.1, 0.15) is 47.5 Å². The molecule has 1 amide bonds. The van der Waals surface area contributed by atoms with Gasteiger partial charge in [0.25, 0.3) is 5.91 Å². The molecule has 0 unspecified atom stereocenters. The fraction of sp³-hybridized carbons (Fsp3) is 0.409. The van der Waals surface area contributed by atoms with Crippen molar-refractivity contribution in [3.05, 3.63) is 59.2 Å². The van der Waals surface area contributed by atoms with Gasteiger partial charge in [0.15, 0.2) is 11.5 Å². The number of rotatable bonds is 2. The number of hydrogen-bond acceptors (Lipinski definition) is 3. The topological polar surface area (TPSA) is 38.8 Å². The minimum Gasteiger partial charge on any atom is -0.486 e. The molecule has 0 N–H and O–H groups in total. The van der Waals surface area contributed by atoms with Crippen LogP contribution in [0.3, 0.4) is 0 Å². The van der Waals surface area contributed by atoms with Crippen molar-refractivity contribution in [2.45, 2.75) is 43.7 Å². The number of nitrogens with zero attached hydrogens (tertiary/aromatic N) is 1. The number of amides is 1. The fourth-order valence-electron chi connectivity index (χ4n) is 4.92. The van der Waals surface area contributed by atoms with Gasteiger partial charge in [0.2, 0.25) is 0 Å². The van der Waals surface area contributed by atoms with Crippen LogP contribution in [0.25, 0.3) is 0 Å². The molecule has 5 rings (SSSR count). The third kappa shape index (κ3) is 2.91. The summed E-state index contributed by atoms with van der Waals surface area (Å²) in [5.41, 5.74) is 1.15. The zero-order valence-electron chi connectivity index (χ0n) is 15.4. The average Bonchev–Trinajstić information content (AvgIpc) is 2.96. The van der Waals surface area contributed by atoms with E-state index in [9.17, 15) is 13.6 Å². The summed E-state index contributed by atoms with van der Waals surface area (Å²) in [7, 11) is 0. The van der Waals surface area contributed by atoms with Crippen LogP contribution in [0.5, 0.6) is 11.5 Å². The Labute approximate surface area is 162 Å². The van der Waals surface area contributed by atoms with Crippen LogP contribution in [0.15, 0.2) is 36.4 Å². The molecule has 6 heteroatoms. The van der Waals surface area contributed by atoms with Gasteiger partial charge in [0.1, 0.15) is 24.8 Å². The molecule has 3 aliphatic heterocycles. The summed E-state index contributed by atoms with van der Waals surface area (Å²) in [6.07, 6.45) is 3.24. The lowest BCUT2D eigenvalue weighted by atomic mass is 9.84. The molecule has 0 spiro atoms. The minimum atomic E-state index is -0.560. The second-order valence-electron chi connectivity index (χ2n) is 7.79. The fourth-order valence-corrected chi connectivity index (χ4v) is 4.92. The lowest BCUT2D eigenvalue weighted by Crippen LogP contribution is -2.46. The molecule has 2 fully saturated rings. The van der Waals surface area contributed by atoms with E-state index in [2.05, 4.69) is 0 Å². The van der Waals surface area contributed by atoms with Gasteiger partial charge in [0, 0.05) is 23.7 Å². The molecule has 0 aromatic heterocycles. The van der Waals surface area contributed by atoms with Crippen molar-refractivity contribution in [2.75, 3.05) is 13.2 Å². The molecule has 3 aliphatic rings. The summed E-state index contributed by atoms with van der Waals surface area (Å²) in [6, 6.07) is 9.28. The Hall–Kier alpha value is -2.63. The van der Waals surface area contributed by atoms with Crippen LogP contribution in [-0.4, -0.2) is 36.1 Å². The van der Waals surface area contributed by atoms with E-state index in [1.54, 1.807) is 24.3 Å². The Morgan fingerprint density at radius 1 is 0.929 bits per heavy atom. The zero-order chi connectivity index (χ0) is 19.3. The second-order valence-corrected chi connectivity index (χ2v) is 7.79. The van der Waals surface area contributed by atoms with E-state index < -0.39 is 11.6 Å². The Balaban J connectivity index is 1.37. The highest BCUT2D eigenvalue weighted by atomic mass is 19.1. The number of carbonyl (C=O) groups is 1. The van der Waals surface area contributed by atoms with Gasteiger partial charge >= 0.3 is 0 Å². The van der Waals surface area contributed by atoms with Crippen molar-refractivity contribution < 1.29 is 23.0 Å². The summed E-state index contributed by atoms with van der Waals surface area (Å²) >= 11 is 0. The van der Waals surface area contributed by atoms with Crippen molar-refractivity contribution in [2.24, 2.45) is 0 Å². The maximum absolute atomic E-state index is 14.2. The van der Waals surface area contributed by atoms with Crippen molar-refractivity contribution in [3.63, 3.8) is 0 Å². The van der Waals surface area contributed by atoms with Gasteiger partial charge in [-0.3, -0.25) is 4.79 Å². The van der Waals surface area contributed by atoms with E-state index >= 15 is 0 Å². The van der Waals surface area contributed by atoms with Gasteiger partial charge in [-0.2, -0.15) is 0 Å². The number of carbonyl (C=O) groups excluding carboxylic acids is 1. The lowest BCUT2D eigenvalue weighted by molar-refractivity contribution is 0.0569. The standard InChI is InChI=1S/C22H21F2NO3/c23-15-2-5-18(19(24)12-15)14-9-16-3-4-17(10-14)25(16)22(26)13-1-6-20-21(11-13)28-8-7-27-20/h1-2,5-6,11-12,14,16-17H,3-4,7-10H2/t14-,16+,17-. The monoisotopic (exact) mass is 385 g/mol. The van der Waals surface area contributed by atoms with E-state index in [-0.39, 0.29) is 23.9 Å². The molecular formula is C22H21F2NO3. The zero-order valence-corrected chi connectivity index (χ0v) is 15.4. The van der Waals surface area contributed by atoms with Gasteiger partial charge in [-0.15, -0.1) is 0 Å². The van der Waals surface area contributed by atoms with Crippen molar-refractivity contribution in [1.82, 2.24) is 4.90 Å². The van der Waals surface area contributed by atoms with Crippen LogP contribution < -0.4 is 9.47 Å². The smallest absolute Gasteiger partial charge is 0.254 e. The Morgan fingerprint density at radius 2 is 1.64 bits per heavy atom. The quantitative estimate of drug-likeness (QED) is 0.774. The van der Waals surface area contributed by atoms with E-state index in [1.807, 2.05) is 4.90 Å². The first-order valence-corrected chi connectivity index (χ1v) is 9.77. The number of ether oxygens (including phenoxy) is 2.